The molecule has 0 fully saturated rings. The van der Waals surface area contributed by atoms with Crippen LogP contribution in [0.15, 0.2) is 12.5 Å². The summed E-state index contributed by atoms with van der Waals surface area (Å²) in [6.45, 7) is 7.39. The number of carboxylic acid groups (broad SMARTS) is 1. The lowest BCUT2D eigenvalue weighted by molar-refractivity contribution is -0.144. The summed E-state index contributed by atoms with van der Waals surface area (Å²) in [6, 6.07) is -4.53. The van der Waals surface area contributed by atoms with E-state index in [4.69, 9.17) is 11.5 Å². The van der Waals surface area contributed by atoms with E-state index in [9.17, 15) is 29.1 Å². The highest BCUT2D eigenvalue weighted by molar-refractivity contribution is 5.94. The Morgan fingerprint density at radius 2 is 1.40 bits per heavy atom. The zero-order valence-electron chi connectivity index (χ0n) is 20.5. The number of carboxylic acids is 1. The molecule has 1 aromatic heterocycles. The van der Waals surface area contributed by atoms with Gasteiger partial charge < -0.3 is 37.5 Å². The quantitative estimate of drug-likeness (QED) is 0.156. The predicted molar refractivity (Wildman–Crippen MR) is 126 cm³/mol. The highest BCUT2D eigenvalue weighted by atomic mass is 16.4. The van der Waals surface area contributed by atoms with E-state index in [-0.39, 0.29) is 31.1 Å². The number of hydrogen-bond acceptors (Lipinski definition) is 7. The molecule has 0 radical (unpaired) electrons. The number of hydrogen-bond donors (Lipinski definition) is 7. The Kier molecular flexibility index (Phi) is 11.9. The van der Waals surface area contributed by atoms with E-state index in [1.807, 2.05) is 27.7 Å². The minimum atomic E-state index is -1.53. The average molecular weight is 496 g/mol. The van der Waals surface area contributed by atoms with Gasteiger partial charge in [-0.2, -0.15) is 0 Å². The van der Waals surface area contributed by atoms with Crippen LogP contribution in [0.25, 0.3) is 0 Å². The van der Waals surface area contributed by atoms with Gasteiger partial charge in [0.25, 0.3) is 0 Å². The van der Waals surface area contributed by atoms with Crippen LogP contribution >= 0.6 is 0 Å². The first-order chi connectivity index (χ1) is 16.3. The SMILES string of the molecule is CC(C)CC(NC(=O)C(N)Cc1cnc[nH]1)C(=O)NC(CC(C)C)C(=O)NC(CC(N)=O)C(=O)O. The maximum Gasteiger partial charge on any atom is 0.326 e. The topological polar surface area (TPSA) is 222 Å². The Labute approximate surface area is 204 Å². The number of rotatable bonds is 15. The molecule has 4 atom stereocenters. The summed E-state index contributed by atoms with van der Waals surface area (Å²) < 4.78 is 0. The first-order valence-electron chi connectivity index (χ1n) is 11.4. The minimum absolute atomic E-state index is 0.0271. The first kappa shape index (κ1) is 29.6. The Hall–Kier alpha value is -3.48. The fourth-order valence-corrected chi connectivity index (χ4v) is 3.36. The second-order valence-corrected chi connectivity index (χ2v) is 9.34. The van der Waals surface area contributed by atoms with Crippen molar-refractivity contribution in [3.63, 3.8) is 0 Å². The first-order valence-corrected chi connectivity index (χ1v) is 11.4. The van der Waals surface area contributed by atoms with E-state index in [0.717, 1.165) is 0 Å². The molecule has 1 aromatic rings. The van der Waals surface area contributed by atoms with Crippen LogP contribution in [-0.4, -0.2) is 68.8 Å². The van der Waals surface area contributed by atoms with Gasteiger partial charge in [-0.05, 0) is 24.7 Å². The molecule has 0 saturated carbocycles. The molecule has 4 unspecified atom stereocenters. The molecule has 9 N–H and O–H groups in total. The Balaban J connectivity index is 2.95. The van der Waals surface area contributed by atoms with E-state index >= 15 is 0 Å². The summed E-state index contributed by atoms with van der Waals surface area (Å²) in [5, 5.41) is 16.8. The van der Waals surface area contributed by atoms with Crippen LogP contribution in [-0.2, 0) is 30.4 Å². The molecule has 1 heterocycles. The molecule has 1 rings (SSSR count). The largest absolute Gasteiger partial charge is 0.480 e. The number of amides is 4. The van der Waals surface area contributed by atoms with Gasteiger partial charge in [-0.1, -0.05) is 27.7 Å². The maximum absolute atomic E-state index is 13.1. The van der Waals surface area contributed by atoms with Crippen LogP contribution in [0.4, 0.5) is 0 Å². The van der Waals surface area contributed by atoms with Crippen molar-refractivity contribution in [2.45, 2.75) is 77.5 Å². The van der Waals surface area contributed by atoms with Crippen molar-refractivity contribution in [1.82, 2.24) is 25.9 Å². The number of imidazole rings is 1. The molecule has 13 nitrogen and oxygen atoms in total. The predicted octanol–water partition coefficient (Wildman–Crippen LogP) is -1.21. The smallest absolute Gasteiger partial charge is 0.326 e. The van der Waals surface area contributed by atoms with Crippen LogP contribution in [0.3, 0.4) is 0 Å². The van der Waals surface area contributed by atoms with Gasteiger partial charge in [0.05, 0.1) is 18.8 Å². The fourth-order valence-electron chi connectivity index (χ4n) is 3.36. The number of H-pyrrole nitrogens is 1. The number of aromatic amines is 1. The summed E-state index contributed by atoms with van der Waals surface area (Å²) in [5.41, 5.74) is 11.7. The highest BCUT2D eigenvalue weighted by Gasteiger charge is 2.31. The van der Waals surface area contributed by atoms with Crippen LogP contribution in [0.5, 0.6) is 0 Å². The van der Waals surface area contributed by atoms with Gasteiger partial charge in [-0.25, -0.2) is 9.78 Å². The molecule has 0 aliphatic heterocycles. The third-order valence-electron chi connectivity index (χ3n) is 5.03. The molecule has 4 amide bonds. The Morgan fingerprint density at radius 1 is 0.914 bits per heavy atom. The lowest BCUT2D eigenvalue weighted by Gasteiger charge is -2.26. The van der Waals surface area contributed by atoms with Crippen molar-refractivity contribution in [2.75, 3.05) is 0 Å². The molecule has 35 heavy (non-hydrogen) atoms. The van der Waals surface area contributed by atoms with Crippen molar-refractivity contribution < 1.29 is 29.1 Å². The van der Waals surface area contributed by atoms with Crippen LogP contribution in [0.1, 0.15) is 52.7 Å². The standard InChI is InChI=1S/C22H37N7O6/c1-11(2)5-15(27-19(31)14(23)7-13-9-25-10-26-13)20(32)28-16(6-12(3)4)21(33)29-17(22(34)35)8-18(24)30/h9-12,14-17H,5-8,23H2,1-4H3,(H2,24,30)(H,25,26)(H,27,31)(H,28,32)(H,29,33)(H,34,35). The molecular weight excluding hydrogens is 458 g/mol. The minimum Gasteiger partial charge on any atom is -0.480 e. The zero-order valence-corrected chi connectivity index (χ0v) is 20.5. The van der Waals surface area contributed by atoms with Crippen LogP contribution < -0.4 is 27.4 Å². The van der Waals surface area contributed by atoms with Gasteiger partial charge in [0, 0.05) is 18.3 Å². The van der Waals surface area contributed by atoms with E-state index in [1.165, 1.54) is 6.33 Å². The number of carbonyl (C=O) groups excluding carboxylic acids is 4. The molecule has 0 spiro atoms. The van der Waals surface area contributed by atoms with Crippen molar-refractivity contribution in [3.8, 4) is 0 Å². The summed E-state index contributed by atoms with van der Waals surface area (Å²) in [4.78, 5) is 67.8. The van der Waals surface area contributed by atoms with Crippen molar-refractivity contribution >= 4 is 29.6 Å². The monoisotopic (exact) mass is 495 g/mol. The Morgan fingerprint density at radius 3 is 1.80 bits per heavy atom. The normalized spacial score (nSPS) is 14.6. The average Bonchev–Trinajstić information content (AvgIpc) is 3.23. The van der Waals surface area contributed by atoms with Crippen molar-refractivity contribution in [2.24, 2.45) is 23.3 Å². The van der Waals surface area contributed by atoms with E-state index in [2.05, 4.69) is 25.9 Å². The zero-order chi connectivity index (χ0) is 26.7. The van der Waals surface area contributed by atoms with Gasteiger partial charge in [0.1, 0.15) is 18.1 Å². The number of carbonyl (C=O) groups is 5. The second-order valence-electron chi connectivity index (χ2n) is 9.34. The summed E-state index contributed by atoms with van der Waals surface area (Å²) >= 11 is 0. The Bertz CT molecular complexity index is 872. The number of nitrogens with two attached hydrogens (primary N) is 2. The van der Waals surface area contributed by atoms with Crippen molar-refractivity contribution in [3.05, 3.63) is 18.2 Å². The van der Waals surface area contributed by atoms with Gasteiger partial charge in [-0.15, -0.1) is 0 Å². The molecule has 0 bridgehead atoms. The fraction of sp³-hybridized carbons (Fsp3) is 0.636. The molecule has 0 aliphatic carbocycles. The van der Waals surface area contributed by atoms with Gasteiger partial charge in [0.2, 0.25) is 23.6 Å². The molecule has 196 valence electrons. The number of aromatic nitrogens is 2. The van der Waals surface area contributed by atoms with Crippen LogP contribution in [0, 0.1) is 11.8 Å². The third-order valence-corrected chi connectivity index (χ3v) is 5.03. The van der Waals surface area contributed by atoms with E-state index in [0.29, 0.717) is 5.69 Å². The van der Waals surface area contributed by atoms with E-state index in [1.54, 1.807) is 6.20 Å². The van der Waals surface area contributed by atoms with Gasteiger partial charge in [0.15, 0.2) is 0 Å². The molecule has 0 saturated heterocycles. The molecule has 13 heteroatoms. The third kappa shape index (κ3) is 11.0. The van der Waals surface area contributed by atoms with Gasteiger partial charge >= 0.3 is 5.97 Å². The number of nitrogens with one attached hydrogen (secondary N) is 4. The second kappa shape index (κ2) is 14.0. The summed E-state index contributed by atoms with van der Waals surface area (Å²) in [5.74, 6) is -4.26. The van der Waals surface area contributed by atoms with E-state index < -0.39 is 60.2 Å². The summed E-state index contributed by atoms with van der Waals surface area (Å²) in [6.07, 6.45) is 3.09. The summed E-state index contributed by atoms with van der Waals surface area (Å²) in [7, 11) is 0. The molecular formula is C22H37N7O6. The highest BCUT2D eigenvalue weighted by Crippen LogP contribution is 2.10. The lowest BCUT2D eigenvalue weighted by atomic mass is 9.99. The molecule has 0 aliphatic rings. The van der Waals surface area contributed by atoms with Crippen LogP contribution in [0.2, 0.25) is 0 Å². The lowest BCUT2D eigenvalue weighted by Crippen LogP contribution is -2.58. The maximum atomic E-state index is 13.1. The number of nitrogens with zero attached hydrogens (tertiary/aromatic N) is 1. The molecule has 0 aromatic carbocycles. The number of primary amides is 1. The van der Waals surface area contributed by atoms with Gasteiger partial charge in [-0.3, -0.25) is 19.2 Å². The van der Waals surface area contributed by atoms with Crippen molar-refractivity contribution in [1.29, 1.82) is 0 Å². The number of aliphatic carboxylic acids is 1.